The molecule has 0 heterocycles. The normalized spacial score (nSPS) is 13.6. The van der Waals surface area contributed by atoms with E-state index in [0.717, 1.165) is 36.8 Å². The zero-order valence-electron chi connectivity index (χ0n) is 13.6. The Bertz CT molecular complexity index is 718. The molecular weight excluding hydrogens is 512 g/mol. The van der Waals surface area contributed by atoms with E-state index in [-0.39, 0.29) is 0 Å². The Hall–Kier alpha value is -1.67. The van der Waals surface area contributed by atoms with Gasteiger partial charge in [0.1, 0.15) is 5.78 Å². The van der Waals surface area contributed by atoms with Gasteiger partial charge < -0.3 is 6.92 Å². The van der Waals surface area contributed by atoms with E-state index in [9.17, 15) is 4.79 Å². The van der Waals surface area contributed by atoms with Crippen molar-refractivity contribution in [1.29, 1.82) is 5.26 Å². The minimum atomic E-state index is 0.421. The van der Waals surface area contributed by atoms with E-state index in [0.29, 0.717) is 40.8 Å². The molecule has 2 aromatic rings. The number of rotatable bonds is 1. The summed E-state index contributed by atoms with van der Waals surface area (Å²) >= 11 is 6.44. The number of carbonyl (C=O) groups is 1. The summed E-state index contributed by atoms with van der Waals surface area (Å²) in [6, 6.07) is 17.9. The summed E-state index contributed by atoms with van der Waals surface area (Å²) in [5.41, 5.74) is 2.49. The first-order chi connectivity index (χ1) is 12.1. The van der Waals surface area contributed by atoms with Gasteiger partial charge >= 0.3 is 22.1 Å². The number of ketones is 1. The van der Waals surface area contributed by atoms with Crippen LogP contribution < -0.4 is 0 Å². The van der Waals surface area contributed by atoms with Gasteiger partial charge in [0.05, 0.1) is 11.6 Å². The van der Waals surface area contributed by atoms with Gasteiger partial charge in [0.2, 0.25) is 0 Å². The van der Waals surface area contributed by atoms with Crippen LogP contribution in [0.3, 0.4) is 0 Å². The fourth-order valence-electron chi connectivity index (χ4n) is 2.43. The van der Waals surface area contributed by atoms with E-state index >= 15 is 0 Å². The van der Waals surface area contributed by atoms with E-state index in [1.807, 2.05) is 30.3 Å². The van der Waals surface area contributed by atoms with Gasteiger partial charge in [0.25, 0.3) is 0 Å². The summed E-state index contributed by atoms with van der Waals surface area (Å²) in [5.74, 6) is 0.970. The Kier molecular flexibility index (Phi) is 10.1. The molecule has 5 heteroatoms. The van der Waals surface area contributed by atoms with Gasteiger partial charge in [-0.25, -0.2) is 0 Å². The molecule has 0 N–H and O–H groups in total. The predicted octanol–water partition coefficient (Wildman–Crippen LogP) is 5.14. The van der Waals surface area contributed by atoms with E-state index in [1.54, 1.807) is 12.1 Å². The van der Waals surface area contributed by atoms with Crippen LogP contribution in [-0.2, 0) is 26.9 Å². The van der Waals surface area contributed by atoms with E-state index in [4.69, 9.17) is 20.4 Å². The van der Waals surface area contributed by atoms with Crippen LogP contribution in [0, 0.1) is 30.2 Å². The Labute approximate surface area is 164 Å². The molecule has 0 saturated heterocycles. The van der Waals surface area contributed by atoms with Crippen molar-refractivity contribution in [2.75, 3.05) is 0 Å². The molecule has 0 aromatic heterocycles. The van der Waals surface area contributed by atoms with Gasteiger partial charge in [-0.2, -0.15) is 41.5 Å². The Morgan fingerprint density at radius 3 is 2.28 bits per heavy atom. The molecule has 0 amide bonds. The van der Waals surface area contributed by atoms with Crippen LogP contribution >= 0.6 is 11.6 Å². The topological polar surface area (TPSA) is 57.9 Å². The molecule has 1 fully saturated rings. The van der Waals surface area contributed by atoms with Crippen LogP contribution in [0.15, 0.2) is 42.5 Å². The maximum atomic E-state index is 10.6. The number of nitrogens with zero attached hydrogens (tertiary/aromatic N) is 1. The van der Waals surface area contributed by atoms with Crippen molar-refractivity contribution in [1.82, 2.24) is 0 Å². The van der Waals surface area contributed by atoms with Crippen molar-refractivity contribution < 1.29 is 26.9 Å². The van der Waals surface area contributed by atoms with Crippen molar-refractivity contribution in [3.63, 3.8) is 0 Å². The van der Waals surface area contributed by atoms with Gasteiger partial charge in [-0.05, 0) is 17.7 Å². The maximum absolute atomic E-state index is 10.6. The van der Waals surface area contributed by atoms with Crippen LogP contribution in [0.1, 0.15) is 31.2 Å². The zero-order chi connectivity index (χ0) is 18.7. The monoisotopic (exact) mass is 531 g/mol. The molecule has 1 aliphatic carbocycles. The average Bonchev–Trinajstić information content (AvgIpc) is 2.67. The molecule has 0 unspecified atom stereocenters. The van der Waals surface area contributed by atoms with Crippen molar-refractivity contribution in [3.05, 3.63) is 66.0 Å². The summed E-state index contributed by atoms with van der Waals surface area (Å²) in [7, 11) is 0. The molecule has 3 rings (SSSR count). The van der Waals surface area contributed by atoms with Crippen molar-refractivity contribution in [3.8, 4) is 17.2 Å². The Morgan fingerprint density at radius 2 is 1.76 bits per heavy atom. The zero-order valence-corrected chi connectivity index (χ0v) is 16.9. The molecule has 0 atom stereocenters. The van der Waals surface area contributed by atoms with Gasteiger partial charge in [-0.15, -0.1) is 5.56 Å². The molecule has 0 radical (unpaired) electrons. The number of hydrogen-bond donors (Lipinski definition) is 0. The number of nitriles is 1. The summed E-state index contributed by atoms with van der Waals surface area (Å²) in [4.78, 5) is 10.6. The first kappa shape index (κ1) is 21.4. The molecule has 0 bridgehead atoms. The van der Waals surface area contributed by atoms with Crippen molar-refractivity contribution >= 4 is 17.4 Å². The van der Waals surface area contributed by atoms with Crippen LogP contribution in [0.5, 0.6) is 0 Å². The van der Waals surface area contributed by atoms with Gasteiger partial charge in [-0.3, -0.25) is 4.79 Å². The van der Waals surface area contributed by atoms with Gasteiger partial charge in [-0.1, -0.05) is 30.5 Å². The summed E-state index contributed by atoms with van der Waals surface area (Å²) < 4.78 is 8.28. The second-order valence-corrected chi connectivity index (χ2v) is 6.01. The first-order valence-electron chi connectivity index (χ1n) is 7.75. The number of hydrogen-bond acceptors (Lipinski definition) is 3. The predicted molar refractivity (Wildman–Crippen MR) is 93.4 cm³/mol. The van der Waals surface area contributed by atoms with E-state index in [1.165, 1.54) is 0 Å². The number of halogens is 1. The molecule has 0 spiro atoms. The standard InChI is InChI=1S/C13H7ClN.C7H11O.O.Os/c14-12-6-7-13(11(8-12)9-15)10-4-2-1-3-5-10;1-6-2-4-7(8)5-3-6;;/h2-8H;6H,1-5H2;;/q2*-1;;. The molecule has 25 heavy (non-hydrogen) atoms. The number of benzene rings is 2. The second-order valence-electron chi connectivity index (χ2n) is 5.57. The third-order valence-corrected chi connectivity index (χ3v) is 4.03. The van der Waals surface area contributed by atoms with Gasteiger partial charge in [0.15, 0.2) is 0 Å². The fourth-order valence-corrected chi connectivity index (χ4v) is 2.60. The molecule has 1 saturated carbocycles. The van der Waals surface area contributed by atoms with Crippen LogP contribution in [0.25, 0.3) is 11.1 Å². The summed E-state index contributed by atoms with van der Waals surface area (Å²) in [6.45, 7) is 3.88. The van der Waals surface area contributed by atoms with Crippen LogP contribution in [0.4, 0.5) is 0 Å². The number of Topliss-reactive ketones (excluding diaryl/α,β-unsaturated/α-hetero) is 1. The molecule has 1 aliphatic rings. The Balaban J connectivity index is 0.000000264. The molecular formula is C20H18ClNO2Os-2. The quantitative estimate of drug-likeness (QED) is 0.481. The summed E-state index contributed by atoms with van der Waals surface area (Å²) in [5, 5.41) is 9.57. The molecule has 2 aromatic carbocycles. The first-order valence-corrected chi connectivity index (χ1v) is 9.17. The van der Waals surface area contributed by atoms with Crippen molar-refractivity contribution in [2.24, 2.45) is 5.92 Å². The third-order valence-electron chi connectivity index (χ3n) is 3.79. The second kappa shape index (κ2) is 11.8. The minimum absolute atomic E-state index is 0.421. The van der Waals surface area contributed by atoms with E-state index < -0.39 is 0 Å². The van der Waals surface area contributed by atoms with E-state index in [2.05, 4.69) is 19.1 Å². The summed E-state index contributed by atoms with van der Waals surface area (Å²) in [6.07, 6.45) is 3.57. The Morgan fingerprint density at radius 1 is 1.16 bits per heavy atom. The van der Waals surface area contributed by atoms with Gasteiger partial charge in [0, 0.05) is 17.9 Å². The van der Waals surface area contributed by atoms with Crippen molar-refractivity contribution in [2.45, 2.75) is 25.7 Å². The number of carbonyl (C=O) groups excluding carboxylic acids is 1. The fraction of sp³-hybridized carbons (Fsp3) is 0.250. The molecule has 0 aliphatic heterocycles. The molecule has 3 nitrogen and oxygen atoms in total. The average molecular weight is 530 g/mol. The van der Waals surface area contributed by atoms with Crippen LogP contribution in [0.2, 0.25) is 5.02 Å². The van der Waals surface area contributed by atoms with Crippen LogP contribution in [-0.4, -0.2) is 5.78 Å². The SMILES string of the molecule is N#Cc1cc(Cl)ccc1-c1cc[c-]cc1.[CH2-]C1CCC(=O)CC1.[O]=[Os]. The molecule has 132 valence electrons. The third kappa shape index (κ3) is 7.39.